The molecule has 0 spiro atoms. The van der Waals surface area contributed by atoms with Crippen LogP contribution in [0.15, 0.2) is 60.7 Å². The van der Waals surface area contributed by atoms with Gasteiger partial charge in [-0.3, -0.25) is 4.79 Å². The summed E-state index contributed by atoms with van der Waals surface area (Å²) in [5.41, 5.74) is 10.2. The van der Waals surface area contributed by atoms with Crippen LogP contribution in [0.5, 0.6) is 0 Å². The van der Waals surface area contributed by atoms with Crippen LogP contribution >= 0.6 is 0 Å². The number of aryl methyl sites for hydroxylation is 3. The Morgan fingerprint density at radius 2 is 1.68 bits per heavy atom. The third-order valence-electron chi connectivity index (χ3n) is 8.97. The van der Waals surface area contributed by atoms with Gasteiger partial charge in [0.05, 0.1) is 5.92 Å². The van der Waals surface area contributed by atoms with Crippen LogP contribution in [0.3, 0.4) is 0 Å². The SMILES string of the molecule is CNC(=O)C(c1ccc(Cn2c3c(c4c(C)cc(C)nc42)CCCC3)cc1)C1CCCC1.OCCc1ccccc1. The largest absolute Gasteiger partial charge is 0.396 e. The molecule has 2 aromatic heterocycles. The van der Waals surface area contributed by atoms with Crippen molar-refractivity contribution in [3.63, 3.8) is 0 Å². The van der Waals surface area contributed by atoms with Crippen LogP contribution < -0.4 is 5.32 Å². The second kappa shape index (κ2) is 13.5. The average molecular weight is 552 g/mol. The quantitative estimate of drug-likeness (QED) is 0.265. The monoisotopic (exact) mass is 551 g/mol. The summed E-state index contributed by atoms with van der Waals surface area (Å²) in [5, 5.41) is 12.8. The van der Waals surface area contributed by atoms with Gasteiger partial charge in [0.25, 0.3) is 0 Å². The zero-order valence-corrected chi connectivity index (χ0v) is 25.0. The van der Waals surface area contributed by atoms with Crippen molar-refractivity contribution >= 4 is 16.9 Å². The van der Waals surface area contributed by atoms with Gasteiger partial charge < -0.3 is 15.0 Å². The van der Waals surface area contributed by atoms with E-state index in [0.29, 0.717) is 5.92 Å². The molecular formula is C36H45N3O2. The maximum absolute atomic E-state index is 12.7. The van der Waals surface area contributed by atoms with Crippen molar-refractivity contribution < 1.29 is 9.90 Å². The van der Waals surface area contributed by atoms with E-state index in [4.69, 9.17) is 10.1 Å². The summed E-state index contributed by atoms with van der Waals surface area (Å²) in [5.74, 6) is 0.602. The Hall–Kier alpha value is -3.44. The van der Waals surface area contributed by atoms with E-state index in [9.17, 15) is 4.79 Å². The van der Waals surface area contributed by atoms with Gasteiger partial charge in [-0.25, -0.2) is 4.98 Å². The summed E-state index contributed by atoms with van der Waals surface area (Å²) in [6.07, 6.45) is 10.4. The van der Waals surface area contributed by atoms with E-state index in [-0.39, 0.29) is 18.4 Å². The predicted octanol–water partition coefficient (Wildman–Crippen LogP) is 6.82. The van der Waals surface area contributed by atoms with Crippen LogP contribution in [0.25, 0.3) is 11.0 Å². The molecule has 6 rings (SSSR count). The minimum Gasteiger partial charge on any atom is -0.396 e. The fourth-order valence-corrected chi connectivity index (χ4v) is 7.01. The number of hydrogen-bond acceptors (Lipinski definition) is 3. The van der Waals surface area contributed by atoms with E-state index in [0.717, 1.165) is 49.1 Å². The first-order chi connectivity index (χ1) is 20.0. The van der Waals surface area contributed by atoms with Crippen molar-refractivity contribution in [1.82, 2.24) is 14.9 Å². The highest BCUT2D eigenvalue weighted by Crippen LogP contribution is 2.38. The van der Waals surface area contributed by atoms with Gasteiger partial charge in [0.1, 0.15) is 5.65 Å². The Bertz CT molecular complexity index is 1450. The van der Waals surface area contributed by atoms with Crippen molar-refractivity contribution in [1.29, 1.82) is 0 Å². The molecule has 0 saturated heterocycles. The number of aromatic nitrogens is 2. The Morgan fingerprint density at radius 3 is 2.37 bits per heavy atom. The Labute approximate surface area is 245 Å². The summed E-state index contributed by atoms with van der Waals surface area (Å²) in [4.78, 5) is 17.7. The number of carbonyl (C=O) groups is 1. The molecule has 1 fully saturated rings. The molecule has 1 amide bonds. The molecule has 4 aromatic rings. The molecule has 2 aliphatic rings. The molecule has 0 aliphatic heterocycles. The first-order valence-corrected chi connectivity index (χ1v) is 15.4. The standard InChI is InChI=1S/C28H35N3O.C8H10O/c1-18-16-19(2)30-27-25(18)23-10-6-7-11-24(23)31(27)17-20-12-14-22(15-13-20)26(28(32)29-3)21-8-4-5-9-21;9-7-6-8-4-2-1-3-5-8/h12-16,21,26H,4-11,17H2,1-3H3,(H,29,32);1-5,9H,6-7H2. The van der Waals surface area contributed by atoms with Crippen LogP contribution in [0.4, 0.5) is 0 Å². The van der Waals surface area contributed by atoms with E-state index in [1.807, 2.05) is 30.3 Å². The lowest BCUT2D eigenvalue weighted by molar-refractivity contribution is -0.123. The second-order valence-electron chi connectivity index (χ2n) is 11.8. The maximum Gasteiger partial charge on any atom is 0.227 e. The lowest BCUT2D eigenvalue weighted by Crippen LogP contribution is -2.30. The molecule has 41 heavy (non-hydrogen) atoms. The molecule has 0 radical (unpaired) electrons. The van der Waals surface area contributed by atoms with E-state index >= 15 is 0 Å². The minimum atomic E-state index is -0.0244. The first kappa shape index (κ1) is 29.1. The van der Waals surface area contributed by atoms with Gasteiger partial charge in [0.2, 0.25) is 5.91 Å². The lowest BCUT2D eigenvalue weighted by Gasteiger charge is -2.22. The van der Waals surface area contributed by atoms with E-state index in [1.54, 1.807) is 7.05 Å². The van der Waals surface area contributed by atoms with Crippen molar-refractivity contribution in [3.05, 3.63) is 99.9 Å². The highest BCUT2D eigenvalue weighted by Gasteiger charge is 2.31. The van der Waals surface area contributed by atoms with Gasteiger partial charge in [0.15, 0.2) is 0 Å². The second-order valence-corrected chi connectivity index (χ2v) is 11.8. The van der Waals surface area contributed by atoms with Crippen LogP contribution in [0, 0.1) is 19.8 Å². The molecule has 5 nitrogen and oxygen atoms in total. The number of aliphatic hydroxyl groups excluding tert-OH is 1. The topological polar surface area (TPSA) is 67.2 Å². The maximum atomic E-state index is 12.7. The van der Waals surface area contributed by atoms with E-state index < -0.39 is 0 Å². The van der Waals surface area contributed by atoms with Crippen molar-refractivity contribution in [3.8, 4) is 0 Å². The molecule has 0 bridgehead atoms. The first-order valence-electron chi connectivity index (χ1n) is 15.4. The summed E-state index contributed by atoms with van der Waals surface area (Å²) >= 11 is 0. The van der Waals surface area contributed by atoms with Crippen LogP contribution in [0.2, 0.25) is 0 Å². The molecule has 2 aliphatic carbocycles. The van der Waals surface area contributed by atoms with E-state index in [2.05, 4.69) is 54.1 Å². The Kier molecular flexibility index (Phi) is 9.56. The van der Waals surface area contributed by atoms with Crippen LogP contribution in [-0.4, -0.2) is 34.2 Å². The molecule has 1 atom stereocenters. The third kappa shape index (κ3) is 6.56. The van der Waals surface area contributed by atoms with Gasteiger partial charge in [0, 0.05) is 37.0 Å². The molecule has 1 unspecified atom stereocenters. The number of likely N-dealkylation sites (N-methyl/N-ethyl adjacent to an activating group) is 1. The Morgan fingerprint density at radius 1 is 0.976 bits per heavy atom. The van der Waals surface area contributed by atoms with Gasteiger partial charge in [-0.15, -0.1) is 0 Å². The number of carbonyl (C=O) groups excluding carboxylic acids is 1. The molecule has 2 N–H and O–H groups in total. The molecule has 1 saturated carbocycles. The summed E-state index contributed by atoms with van der Waals surface area (Å²) in [7, 11) is 1.76. The van der Waals surface area contributed by atoms with Gasteiger partial charge in [-0.05, 0) is 98.6 Å². The molecule has 2 aromatic carbocycles. The normalized spacial score (nSPS) is 15.7. The highest BCUT2D eigenvalue weighted by atomic mass is 16.3. The summed E-state index contributed by atoms with van der Waals surface area (Å²) in [6, 6.07) is 21.0. The fraction of sp³-hybridized carbons (Fsp3) is 0.444. The molecular weight excluding hydrogens is 506 g/mol. The summed E-state index contributed by atoms with van der Waals surface area (Å²) in [6.45, 7) is 5.41. The van der Waals surface area contributed by atoms with Crippen LogP contribution in [-0.2, 0) is 30.6 Å². The highest BCUT2D eigenvalue weighted by molar-refractivity contribution is 5.86. The number of benzene rings is 2. The van der Waals surface area contributed by atoms with Gasteiger partial charge in [-0.2, -0.15) is 0 Å². The van der Waals surface area contributed by atoms with Crippen molar-refractivity contribution in [2.24, 2.45) is 5.92 Å². The van der Waals surface area contributed by atoms with E-state index in [1.165, 1.54) is 65.4 Å². The minimum absolute atomic E-state index is 0.0244. The predicted molar refractivity (Wildman–Crippen MR) is 167 cm³/mol. The van der Waals surface area contributed by atoms with Crippen molar-refractivity contribution in [2.75, 3.05) is 13.7 Å². The molecule has 2 heterocycles. The number of amides is 1. The summed E-state index contributed by atoms with van der Waals surface area (Å²) < 4.78 is 2.46. The zero-order valence-electron chi connectivity index (χ0n) is 25.0. The smallest absolute Gasteiger partial charge is 0.227 e. The van der Waals surface area contributed by atoms with Crippen LogP contribution in [0.1, 0.15) is 83.6 Å². The number of nitrogens with one attached hydrogen (secondary N) is 1. The number of nitrogens with zero attached hydrogens (tertiary/aromatic N) is 2. The third-order valence-corrected chi connectivity index (χ3v) is 8.97. The molecule has 216 valence electrons. The number of hydrogen-bond donors (Lipinski definition) is 2. The zero-order chi connectivity index (χ0) is 28.8. The average Bonchev–Trinajstić information content (AvgIpc) is 3.62. The number of pyridine rings is 1. The van der Waals surface area contributed by atoms with Gasteiger partial charge >= 0.3 is 0 Å². The lowest BCUT2D eigenvalue weighted by atomic mass is 9.84. The molecule has 5 heteroatoms. The number of aliphatic hydroxyl groups is 1. The Balaban J connectivity index is 0.000000321. The number of rotatable bonds is 7. The number of fused-ring (bicyclic) bond motifs is 3. The van der Waals surface area contributed by atoms with Gasteiger partial charge in [-0.1, -0.05) is 67.4 Å². The fourth-order valence-electron chi connectivity index (χ4n) is 7.01. The van der Waals surface area contributed by atoms with Crippen molar-refractivity contribution in [2.45, 2.75) is 84.1 Å².